The van der Waals surface area contributed by atoms with Crippen LogP contribution in [0.5, 0.6) is 0 Å². The molecule has 0 aromatic carbocycles. The molecule has 3 fully saturated rings. The Labute approximate surface area is 189 Å². The summed E-state index contributed by atoms with van der Waals surface area (Å²) in [6.07, 6.45) is -3.75. The van der Waals surface area contributed by atoms with Crippen molar-refractivity contribution in [3.63, 3.8) is 0 Å². The van der Waals surface area contributed by atoms with Gasteiger partial charge in [-0.3, -0.25) is 18.9 Å². The molecule has 3 aliphatic rings. The Morgan fingerprint density at radius 3 is 2.30 bits per heavy atom. The van der Waals surface area contributed by atoms with Gasteiger partial charge in [-0.25, -0.2) is 0 Å². The van der Waals surface area contributed by atoms with E-state index < -0.39 is 81.9 Å². The number of carbonyl (C=O) groups excluding carboxylic acids is 3. The predicted molar refractivity (Wildman–Crippen MR) is 105 cm³/mol. The second kappa shape index (κ2) is 8.73. The highest BCUT2D eigenvalue weighted by Crippen LogP contribution is 2.62. The molecule has 10 nitrogen and oxygen atoms in total. The van der Waals surface area contributed by atoms with Crippen LogP contribution in [0, 0.1) is 23.7 Å². The molecule has 0 aromatic rings. The highest BCUT2D eigenvalue weighted by atomic mass is 32.2. The molecule has 2 saturated carbocycles. The zero-order valence-corrected chi connectivity index (χ0v) is 19.2. The summed E-state index contributed by atoms with van der Waals surface area (Å²) < 4.78 is 72.2. The first-order chi connectivity index (χ1) is 15.2. The van der Waals surface area contributed by atoms with Gasteiger partial charge in [0.1, 0.15) is 12.2 Å². The molecule has 0 spiro atoms. The smallest absolute Gasteiger partial charge is 0.405 e. The molecule has 2 bridgehead atoms. The molecular formula is C20H28F2O10S. The van der Waals surface area contributed by atoms with Gasteiger partial charge in [-0.2, -0.15) is 17.2 Å². The van der Waals surface area contributed by atoms with Crippen LogP contribution in [-0.4, -0.2) is 65.2 Å². The number of esters is 3. The van der Waals surface area contributed by atoms with Crippen LogP contribution in [0.4, 0.5) is 8.78 Å². The summed E-state index contributed by atoms with van der Waals surface area (Å²) in [5, 5.41) is 6.38. The fourth-order valence-electron chi connectivity index (χ4n) is 5.55. The molecule has 7 atom stereocenters. The van der Waals surface area contributed by atoms with Crippen molar-refractivity contribution in [2.75, 3.05) is 0 Å². The lowest BCUT2D eigenvalue weighted by atomic mass is 9.67. The fraction of sp³-hybridized carbons (Fsp3) is 0.850. The van der Waals surface area contributed by atoms with Gasteiger partial charge in [-0.05, 0) is 26.2 Å². The largest absolute Gasteiger partial charge is 0.458 e. The van der Waals surface area contributed by atoms with Gasteiger partial charge in [0.05, 0.1) is 24.4 Å². The first kappa shape index (κ1) is 25.8. The third kappa shape index (κ3) is 4.34. The quantitative estimate of drug-likeness (QED) is 0.257. The zero-order chi connectivity index (χ0) is 24.9. The van der Waals surface area contributed by atoms with Crippen molar-refractivity contribution in [2.24, 2.45) is 23.7 Å². The summed E-state index contributed by atoms with van der Waals surface area (Å²) >= 11 is 0. The molecule has 2 N–H and O–H groups in total. The van der Waals surface area contributed by atoms with E-state index in [-0.39, 0.29) is 11.8 Å². The number of ether oxygens (including phenoxy) is 3. The van der Waals surface area contributed by atoms with E-state index in [1.165, 1.54) is 0 Å². The van der Waals surface area contributed by atoms with Crippen LogP contribution in [0.3, 0.4) is 0 Å². The molecule has 1 aliphatic heterocycles. The fourth-order valence-corrected chi connectivity index (χ4v) is 6.02. The minimum Gasteiger partial charge on any atom is -0.458 e. The van der Waals surface area contributed by atoms with Gasteiger partial charge in [-0.1, -0.05) is 13.8 Å². The monoisotopic (exact) mass is 498 g/mol. The predicted octanol–water partition coefficient (Wildman–Crippen LogP) is 1.45. The summed E-state index contributed by atoms with van der Waals surface area (Å²) in [4.78, 5) is 36.6. The number of rotatable bonds is 10. The minimum atomic E-state index is -5.79. The normalized spacial score (nSPS) is 31.9. The summed E-state index contributed by atoms with van der Waals surface area (Å²) in [6, 6.07) is 0. The van der Waals surface area contributed by atoms with E-state index in [0.29, 0.717) is 26.2 Å². The molecular weight excluding hydrogens is 470 g/mol. The lowest BCUT2D eigenvalue weighted by Gasteiger charge is -2.41. The highest BCUT2D eigenvalue weighted by molar-refractivity contribution is 7.86. The van der Waals surface area contributed by atoms with Crippen molar-refractivity contribution < 1.29 is 55.5 Å². The highest BCUT2D eigenvalue weighted by Gasteiger charge is 2.71. The van der Waals surface area contributed by atoms with Crippen molar-refractivity contribution in [1.82, 2.24) is 0 Å². The first-order valence-electron chi connectivity index (χ1n) is 10.8. The molecule has 0 aromatic heterocycles. The molecule has 188 valence electrons. The second-order valence-electron chi connectivity index (χ2n) is 8.95. The molecule has 0 amide bonds. The van der Waals surface area contributed by atoms with Crippen LogP contribution in [0.25, 0.3) is 0 Å². The summed E-state index contributed by atoms with van der Waals surface area (Å²) in [7, 11) is -5.79. The van der Waals surface area contributed by atoms with Crippen molar-refractivity contribution in [3.05, 3.63) is 0 Å². The van der Waals surface area contributed by atoms with E-state index in [4.69, 9.17) is 14.0 Å². The Hall–Kier alpha value is -1.86. The average Bonchev–Trinajstić information content (AvgIpc) is 3.34. The van der Waals surface area contributed by atoms with Gasteiger partial charge < -0.3 is 19.3 Å². The number of carbonyl (C=O) groups is 3. The molecule has 3 rings (SSSR count). The van der Waals surface area contributed by atoms with E-state index in [1.807, 2.05) is 13.8 Å². The van der Waals surface area contributed by atoms with Crippen molar-refractivity contribution in [2.45, 2.75) is 82.0 Å². The number of aliphatic hydroxyl groups is 1. The van der Waals surface area contributed by atoms with Gasteiger partial charge in [0.15, 0.2) is 6.10 Å². The van der Waals surface area contributed by atoms with Crippen molar-refractivity contribution in [1.29, 1.82) is 0 Å². The first-order valence-corrected chi connectivity index (χ1v) is 12.3. The lowest BCUT2D eigenvalue weighted by Crippen LogP contribution is -2.50. The maximum Gasteiger partial charge on any atom is 0.405 e. The number of fused-ring (bicyclic) bond motifs is 1. The van der Waals surface area contributed by atoms with Crippen LogP contribution in [0.1, 0.15) is 52.9 Å². The third-order valence-corrected chi connectivity index (χ3v) is 8.34. The van der Waals surface area contributed by atoms with Crippen molar-refractivity contribution in [3.8, 4) is 0 Å². The van der Waals surface area contributed by atoms with Crippen molar-refractivity contribution >= 4 is 28.0 Å². The van der Waals surface area contributed by atoms with Gasteiger partial charge in [0.25, 0.3) is 0 Å². The van der Waals surface area contributed by atoms with E-state index in [1.54, 1.807) is 0 Å². The number of hydrogen-bond acceptors (Lipinski definition) is 9. The Kier molecular flexibility index (Phi) is 6.82. The molecule has 1 saturated heterocycles. The minimum absolute atomic E-state index is 0.177. The van der Waals surface area contributed by atoms with Crippen LogP contribution in [0.15, 0.2) is 0 Å². The molecule has 0 radical (unpaired) electrons. The van der Waals surface area contributed by atoms with E-state index in [9.17, 15) is 36.7 Å². The van der Waals surface area contributed by atoms with Crippen LogP contribution >= 0.6 is 0 Å². The van der Waals surface area contributed by atoms with Gasteiger partial charge >= 0.3 is 33.3 Å². The summed E-state index contributed by atoms with van der Waals surface area (Å²) in [5.41, 5.74) is -1.12. The molecule has 7 unspecified atom stereocenters. The number of halogens is 2. The zero-order valence-electron chi connectivity index (χ0n) is 18.4. The second-order valence-corrected chi connectivity index (χ2v) is 10.4. The Morgan fingerprint density at radius 1 is 1.18 bits per heavy atom. The maximum atomic E-state index is 13.5. The standard InChI is InChI=1S/C20H28F2O10S/c1-4-19(26,5-2)15-11-8-10-14(15)18(25)32-16(10)17(11)31-13(24)7-6-12(23)30-9(3)20(21,22)33(27,28)29/h9-11,14-17,26H,4-8H2,1-3H3,(H,27,28,29). The van der Waals surface area contributed by atoms with Crippen LogP contribution in [0.2, 0.25) is 0 Å². The number of alkyl halides is 2. The third-order valence-electron chi connectivity index (χ3n) is 7.32. The van der Waals surface area contributed by atoms with Gasteiger partial charge in [0.2, 0.25) is 0 Å². The van der Waals surface area contributed by atoms with Crippen LogP contribution < -0.4 is 0 Å². The lowest BCUT2D eigenvalue weighted by molar-refractivity contribution is -0.168. The summed E-state index contributed by atoms with van der Waals surface area (Å²) in [5.74, 6) is -3.93. The molecule has 2 aliphatic carbocycles. The van der Waals surface area contributed by atoms with Crippen LogP contribution in [-0.2, 0) is 38.7 Å². The topological polar surface area (TPSA) is 154 Å². The molecule has 1 heterocycles. The SMILES string of the molecule is CCC(O)(CC)C1C2CC3C(OC(=O)C31)C2OC(=O)CCC(=O)OC(C)C(F)(F)S(=O)(=O)O. The van der Waals surface area contributed by atoms with E-state index in [0.717, 1.165) is 0 Å². The molecule has 13 heteroatoms. The summed E-state index contributed by atoms with van der Waals surface area (Å²) in [6.45, 7) is 4.21. The Bertz CT molecular complexity index is 916. The van der Waals surface area contributed by atoms with Gasteiger partial charge in [-0.15, -0.1) is 0 Å². The number of hydrogen-bond donors (Lipinski definition) is 2. The Balaban J connectivity index is 1.60. The maximum absolute atomic E-state index is 13.5. The van der Waals surface area contributed by atoms with E-state index >= 15 is 0 Å². The van der Waals surface area contributed by atoms with Gasteiger partial charge in [0, 0.05) is 17.8 Å². The van der Waals surface area contributed by atoms with E-state index in [2.05, 4.69) is 4.74 Å². The molecule has 33 heavy (non-hydrogen) atoms. The average molecular weight is 498 g/mol. The Morgan fingerprint density at radius 2 is 1.76 bits per heavy atom.